The molecule has 1 aromatic rings. The molecule has 82 valence electrons. The Morgan fingerprint density at radius 2 is 1.43 bits per heavy atom. The molecular formula is C11H21NO2. The van der Waals surface area contributed by atoms with Crippen molar-refractivity contribution < 1.29 is 10.2 Å². The number of hydrogen-bond donors (Lipinski definition) is 3. The standard InChI is InChI=1S/C7H9NO2.2C2H6/c1-8-5-2-3-6(9)7(10)4-5;2*1-2/h2-4,8-10H,1H3;2*1-2H3. The molecule has 0 saturated carbocycles. The second-order valence-corrected chi connectivity index (χ2v) is 1.95. The van der Waals surface area contributed by atoms with Gasteiger partial charge in [0.05, 0.1) is 0 Å². The van der Waals surface area contributed by atoms with Crippen LogP contribution < -0.4 is 5.32 Å². The summed E-state index contributed by atoms with van der Waals surface area (Å²) in [5.74, 6) is -0.203. The van der Waals surface area contributed by atoms with E-state index in [1.54, 1.807) is 13.1 Å². The largest absolute Gasteiger partial charge is 0.504 e. The Morgan fingerprint density at radius 3 is 1.79 bits per heavy atom. The van der Waals surface area contributed by atoms with E-state index in [-0.39, 0.29) is 11.5 Å². The quantitative estimate of drug-likeness (QED) is 0.481. The van der Waals surface area contributed by atoms with Gasteiger partial charge >= 0.3 is 0 Å². The van der Waals surface area contributed by atoms with E-state index in [9.17, 15) is 0 Å². The first-order valence-corrected chi connectivity index (χ1v) is 4.94. The lowest BCUT2D eigenvalue weighted by atomic mass is 10.3. The summed E-state index contributed by atoms with van der Waals surface area (Å²) in [5, 5.41) is 20.6. The maximum absolute atomic E-state index is 8.94. The molecule has 1 rings (SSSR count). The van der Waals surface area contributed by atoms with E-state index >= 15 is 0 Å². The van der Waals surface area contributed by atoms with Crippen LogP contribution in [0.25, 0.3) is 0 Å². The van der Waals surface area contributed by atoms with Gasteiger partial charge in [-0.3, -0.25) is 0 Å². The first-order valence-electron chi connectivity index (χ1n) is 4.94. The van der Waals surface area contributed by atoms with Crippen molar-refractivity contribution >= 4 is 5.69 Å². The highest BCUT2D eigenvalue weighted by Gasteiger charge is 1.96. The van der Waals surface area contributed by atoms with E-state index in [4.69, 9.17) is 10.2 Å². The summed E-state index contributed by atoms with van der Waals surface area (Å²) in [7, 11) is 1.74. The average molecular weight is 199 g/mol. The van der Waals surface area contributed by atoms with Crippen LogP contribution in [0.4, 0.5) is 5.69 Å². The lowest BCUT2D eigenvalue weighted by Gasteiger charge is -2.00. The van der Waals surface area contributed by atoms with Crippen molar-refractivity contribution in [1.29, 1.82) is 0 Å². The lowest BCUT2D eigenvalue weighted by Crippen LogP contribution is -1.85. The molecule has 3 N–H and O–H groups in total. The zero-order valence-corrected chi connectivity index (χ0v) is 9.63. The van der Waals surface area contributed by atoms with E-state index in [2.05, 4.69) is 5.32 Å². The summed E-state index contributed by atoms with van der Waals surface area (Å²) in [6.07, 6.45) is 0. The third-order valence-electron chi connectivity index (χ3n) is 1.26. The number of nitrogens with one attached hydrogen (secondary N) is 1. The Bertz CT molecular complexity index is 237. The highest BCUT2D eigenvalue weighted by molar-refractivity contribution is 5.52. The van der Waals surface area contributed by atoms with Crippen LogP contribution in [0, 0.1) is 0 Å². The summed E-state index contributed by atoms with van der Waals surface area (Å²) in [4.78, 5) is 0. The number of anilines is 1. The van der Waals surface area contributed by atoms with Gasteiger partial charge in [-0.25, -0.2) is 0 Å². The van der Waals surface area contributed by atoms with Crippen molar-refractivity contribution in [2.24, 2.45) is 0 Å². The Morgan fingerprint density at radius 1 is 0.929 bits per heavy atom. The summed E-state index contributed by atoms with van der Waals surface area (Å²) in [5.41, 5.74) is 0.773. The third-order valence-corrected chi connectivity index (χ3v) is 1.26. The van der Waals surface area contributed by atoms with Gasteiger partial charge in [0, 0.05) is 18.8 Å². The molecule has 0 radical (unpaired) electrons. The van der Waals surface area contributed by atoms with Gasteiger partial charge in [0.15, 0.2) is 11.5 Å². The summed E-state index contributed by atoms with van der Waals surface area (Å²) in [6.45, 7) is 8.00. The fraction of sp³-hybridized carbons (Fsp3) is 0.455. The van der Waals surface area contributed by atoms with Crippen molar-refractivity contribution in [3.63, 3.8) is 0 Å². The predicted molar refractivity (Wildman–Crippen MR) is 62.0 cm³/mol. The van der Waals surface area contributed by atoms with Crippen molar-refractivity contribution in [1.82, 2.24) is 0 Å². The second kappa shape index (κ2) is 9.71. The SMILES string of the molecule is CC.CC.CNc1ccc(O)c(O)c1. The fourth-order valence-corrected chi connectivity index (χ4v) is 0.679. The van der Waals surface area contributed by atoms with Crippen LogP contribution in [0.15, 0.2) is 18.2 Å². The van der Waals surface area contributed by atoms with Gasteiger partial charge in [0.25, 0.3) is 0 Å². The van der Waals surface area contributed by atoms with Crippen LogP contribution in [0.5, 0.6) is 11.5 Å². The summed E-state index contributed by atoms with van der Waals surface area (Å²) < 4.78 is 0. The molecule has 3 heteroatoms. The molecule has 1 aromatic carbocycles. The van der Waals surface area contributed by atoms with E-state index in [1.165, 1.54) is 12.1 Å². The number of aromatic hydroxyl groups is 2. The van der Waals surface area contributed by atoms with Gasteiger partial charge in [-0.15, -0.1) is 0 Å². The monoisotopic (exact) mass is 199 g/mol. The van der Waals surface area contributed by atoms with Gasteiger partial charge in [-0.2, -0.15) is 0 Å². The maximum atomic E-state index is 8.94. The topological polar surface area (TPSA) is 52.5 Å². The minimum absolute atomic E-state index is 0.0981. The van der Waals surface area contributed by atoms with E-state index < -0.39 is 0 Å². The van der Waals surface area contributed by atoms with Crippen LogP contribution in [-0.4, -0.2) is 17.3 Å². The van der Waals surface area contributed by atoms with Gasteiger partial charge in [-0.05, 0) is 12.1 Å². The van der Waals surface area contributed by atoms with Gasteiger partial charge in [0.2, 0.25) is 0 Å². The van der Waals surface area contributed by atoms with E-state index in [0.717, 1.165) is 5.69 Å². The van der Waals surface area contributed by atoms with Gasteiger partial charge in [0.1, 0.15) is 0 Å². The number of benzene rings is 1. The Labute approximate surface area is 86.4 Å². The Kier molecular flexibility index (Phi) is 10.5. The number of hydrogen-bond acceptors (Lipinski definition) is 3. The van der Waals surface area contributed by atoms with Crippen LogP contribution in [0.2, 0.25) is 0 Å². The molecule has 3 nitrogen and oxygen atoms in total. The normalized spacial score (nSPS) is 7.50. The second-order valence-electron chi connectivity index (χ2n) is 1.95. The number of rotatable bonds is 1. The van der Waals surface area contributed by atoms with Crippen molar-refractivity contribution in [3.8, 4) is 11.5 Å². The van der Waals surface area contributed by atoms with E-state index in [1.807, 2.05) is 27.7 Å². The third kappa shape index (κ3) is 5.30. The van der Waals surface area contributed by atoms with Crippen molar-refractivity contribution in [2.75, 3.05) is 12.4 Å². The summed E-state index contributed by atoms with van der Waals surface area (Å²) >= 11 is 0. The molecule has 0 spiro atoms. The molecule has 0 fully saturated rings. The van der Waals surface area contributed by atoms with Crippen molar-refractivity contribution in [3.05, 3.63) is 18.2 Å². The Balaban J connectivity index is 0. The molecule has 0 aliphatic heterocycles. The molecule has 0 heterocycles. The molecule has 0 amide bonds. The average Bonchev–Trinajstić information content (AvgIpc) is 2.28. The van der Waals surface area contributed by atoms with Crippen LogP contribution in [0.3, 0.4) is 0 Å². The van der Waals surface area contributed by atoms with E-state index in [0.29, 0.717) is 0 Å². The first kappa shape index (κ1) is 15.1. The van der Waals surface area contributed by atoms with Crippen LogP contribution in [-0.2, 0) is 0 Å². The molecule has 14 heavy (non-hydrogen) atoms. The molecule has 0 saturated heterocycles. The predicted octanol–water partition coefficient (Wildman–Crippen LogP) is 3.19. The molecule has 0 bridgehead atoms. The number of phenols is 2. The van der Waals surface area contributed by atoms with Gasteiger partial charge < -0.3 is 15.5 Å². The Hall–Kier alpha value is -1.38. The lowest BCUT2D eigenvalue weighted by molar-refractivity contribution is 0.404. The maximum Gasteiger partial charge on any atom is 0.159 e. The first-order chi connectivity index (χ1) is 6.74. The minimum Gasteiger partial charge on any atom is -0.504 e. The molecule has 0 aliphatic rings. The van der Waals surface area contributed by atoms with Crippen LogP contribution in [0.1, 0.15) is 27.7 Å². The highest BCUT2D eigenvalue weighted by atomic mass is 16.3. The van der Waals surface area contributed by atoms with Crippen LogP contribution >= 0.6 is 0 Å². The zero-order valence-electron chi connectivity index (χ0n) is 9.63. The fourth-order valence-electron chi connectivity index (χ4n) is 0.679. The molecular weight excluding hydrogens is 178 g/mol. The molecule has 0 aromatic heterocycles. The summed E-state index contributed by atoms with van der Waals surface area (Å²) in [6, 6.07) is 4.56. The molecule has 0 unspecified atom stereocenters. The zero-order chi connectivity index (χ0) is 11.6. The molecule has 0 atom stereocenters. The van der Waals surface area contributed by atoms with Gasteiger partial charge in [-0.1, -0.05) is 27.7 Å². The highest BCUT2D eigenvalue weighted by Crippen LogP contribution is 2.26. The van der Waals surface area contributed by atoms with Crippen molar-refractivity contribution in [2.45, 2.75) is 27.7 Å². The minimum atomic E-state index is -0.105. The smallest absolute Gasteiger partial charge is 0.159 e. The number of phenolic OH excluding ortho intramolecular Hbond substituents is 2. The molecule has 0 aliphatic carbocycles.